The molecule has 0 spiro atoms. The fourth-order valence-electron chi connectivity index (χ4n) is 2.46. The minimum atomic E-state index is -1.08. The lowest BCUT2D eigenvalue weighted by Gasteiger charge is -2.17. The van der Waals surface area contributed by atoms with Crippen LogP contribution in [0.2, 0.25) is 0 Å². The van der Waals surface area contributed by atoms with Gasteiger partial charge in [-0.3, -0.25) is 4.79 Å². The molecule has 2 N–H and O–H groups in total. The van der Waals surface area contributed by atoms with E-state index in [0.717, 1.165) is 5.56 Å². The summed E-state index contributed by atoms with van der Waals surface area (Å²) in [7, 11) is 3.14. The molecule has 0 fully saturated rings. The molecule has 0 aliphatic heterocycles. The topological polar surface area (TPSA) is 94.1 Å². The summed E-state index contributed by atoms with van der Waals surface area (Å²) in [4.78, 5) is 23.5. The van der Waals surface area contributed by atoms with E-state index in [1.54, 1.807) is 32.4 Å². The highest BCUT2D eigenvalue weighted by molar-refractivity contribution is 5.97. The van der Waals surface area contributed by atoms with Gasteiger partial charge in [-0.1, -0.05) is 12.1 Å². The summed E-state index contributed by atoms with van der Waals surface area (Å²) >= 11 is 0. The number of rotatable bonds is 9. The predicted octanol–water partition coefficient (Wildman–Crippen LogP) is 2.91. The zero-order chi connectivity index (χ0) is 19.8. The van der Waals surface area contributed by atoms with Gasteiger partial charge >= 0.3 is 5.97 Å². The van der Waals surface area contributed by atoms with E-state index < -0.39 is 5.97 Å². The highest BCUT2D eigenvalue weighted by atomic mass is 16.5. The molecule has 27 heavy (non-hydrogen) atoms. The molecule has 7 heteroatoms. The third-order valence-electron chi connectivity index (χ3n) is 3.95. The molecule has 0 bridgehead atoms. The molecule has 0 radical (unpaired) electrons. The fraction of sp³-hybridized carbons (Fsp3) is 0.300. The maximum Gasteiger partial charge on any atom is 0.335 e. The maximum absolute atomic E-state index is 12.4. The smallest absolute Gasteiger partial charge is 0.335 e. The number of ether oxygens (including phenoxy) is 3. The Morgan fingerprint density at radius 1 is 1.04 bits per heavy atom. The van der Waals surface area contributed by atoms with Crippen molar-refractivity contribution in [2.24, 2.45) is 0 Å². The van der Waals surface area contributed by atoms with Crippen molar-refractivity contribution in [3.05, 3.63) is 59.2 Å². The van der Waals surface area contributed by atoms with Crippen molar-refractivity contribution in [1.82, 2.24) is 5.32 Å². The summed E-state index contributed by atoms with van der Waals surface area (Å²) in [6.07, 6.45) is 0. The van der Waals surface area contributed by atoms with Crippen LogP contribution in [-0.4, -0.2) is 44.4 Å². The van der Waals surface area contributed by atoms with Crippen LogP contribution in [0.25, 0.3) is 0 Å². The van der Waals surface area contributed by atoms with Gasteiger partial charge in [0, 0.05) is 12.7 Å². The molecule has 1 atom stereocenters. The number of carboxylic acids is 1. The van der Waals surface area contributed by atoms with Crippen LogP contribution in [0.1, 0.15) is 39.2 Å². The van der Waals surface area contributed by atoms with Crippen LogP contribution in [0, 0.1) is 0 Å². The Balaban J connectivity index is 2.10. The second kappa shape index (κ2) is 9.59. The van der Waals surface area contributed by atoms with Gasteiger partial charge in [0.15, 0.2) is 11.5 Å². The Morgan fingerprint density at radius 2 is 1.78 bits per heavy atom. The number of carbonyl (C=O) groups is 2. The number of carbonyl (C=O) groups excluding carboxylic acids is 1. The van der Waals surface area contributed by atoms with E-state index in [1.807, 2.05) is 13.0 Å². The minimum Gasteiger partial charge on any atom is -0.493 e. The van der Waals surface area contributed by atoms with Gasteiger partial charge in [-0.2, -0.15) is 0 Å². The van der Waals surface area contributed by atoms with Crippen LogP contribution in [0.5, 0.6) is 11.5 Å². The van der Waals surface area contributed by atoms with E-state index >= 15 is 0 Å². The Kier molecular flexibility index (Phi) is 7.19. The number of hydrogen-bond acceptors (Lipinski definition) is 5. The van der Waals surface area contributed by atoms with Crippen molar-refractivity contribution in [2.75, 3.05) is 27.4 Å². The number of hydrogen-bond donors (Lipinski definition) is 2. The largest absolute Gasteiger partial charge is 0.493 e. The number of carboxylic acid groups (broad SMARTS) is 1. The molecule has 144 valence electrons. The Hall–Kier alpha value is -3.06. The van der Waals surface area contributed by atoms with Crippen LogP contribution in [-0.2, 0) is 4.74 Å². The first-order valence-electron chi connectivity index (χ1n) is 8.40. The number of methoxy groups -OCH3 is 2. The minimum absolute atomic E-state index is 0.0644. The van der Waals surface area contributed by atoms with Crippen LogP contribution >= 0.6 is 0 Å². The predicted molar refractivity (Wildman–Crippen MR) is 99.6 cm³/mol. The lowest BCUT2D eigenvalue weighted by atomic mass is 10.1. The average molecular weight is 373 g/mol. The molecule has 0 aliphatic carbocycles. The summed E-state index contributed by atoms with van der Waals surface area (Å²) in [5.41, 5.74) is 1.18. The second-order valence-electron chi connectivity index (χ2n) is 5.83. The first-order chi connectivity index (χ1) is 13.0. The van der Waals surface area contributed by atoms with Crippen LogP contribution in [0.4, 0.5) is 0 Å². The quantitative estimate of drug-likeness (QED) is 0.657. The maximum atomic E-state index is 12.4. The highest BCUT2D eigenvalue weighted by Crippen LogP contribution is 2.30. The van der Waals surface area contributed by atoms with Crippen molar-refractivity contribution >= 4 is 11.9 Å². The summed E-state index contributed by atoms with van der Waals surface area (Å²) in [6.45, 7) is 2.70. The van der Waals surface area contributed by atoms with E-state index in [2.05, 4.69) is 5.32 Å². The van der Waals surface area contributed by atoms with Gasteiger partial charge < -0.3 is 24.6 Å². The molecular weight excluding hydrogens is 350 g/mol. The van der Waals surface area contributed by atoms with Crippen molar-refractivity contribution in [1.29, 1.82) is 0 Å². The van der Waals surface area contributed by atoms with E-state index in [0.29, 0.717) is 24.7 Å². The normalized spacial score (nSPS) is 11.5. The fourth-order valence-corrected chi connectivity index (χ4v) is 2.46. The molecule has 7 nitrogen and oxygen atoms in total. The number of nitrogens with one attached hydrogen (secondary N) is 1. The van der Waals surface area contributed by atoms with Gasteiger partial charge in [-0.15, -0.1) is 0 Å². The SMILES string of the molecule is COCCOc1ccc(C(C)NC(=O)c2cccc(C(=O)O)c2)cc1OC. The molecule has 2 rings (SSSR count). The van der Waals surface area contributed by atoms with Gasteiger partial charge in [0.1, 0.15) is 6.61 Å². The molecule has 2 aromatic rings. The Labute approximate surface area is 157 Å². The summed E-state index contributed by atoms with van der Waals surface area (Å²) in [5, 5.41) is 11.9. The lowest BCUT2D eigenvalue weighted by molar-refractivity contribution is 0.0697. The zero-order valence-corrected chi connectivity index (χ0v) is 15.5. The summed E-state index contributed by atoms with van der Waals surface area (Å²) < 4.78 is 15.9. The van der Waals surface area contributed by atoms with Crippen molar-refractivity contribution in [3.63, 3.8) is 0 Å². The number of amides is 1. The lowest BCUT2D eigenvalue weighted by Crippen LogP contribution is -2.26. The molecular formula is C20H23NO6. The molecule has 0 aliphatic rings. The van der Waals surface area contributed by atoms with E-state index in [1.165, 1.54) is 18.2 Å². The zero-order valence-electron chi connectivity index (χ0n) is 15.5. The van der Waals surface area contributed by atoms with E-state index in [-0.39, 0.29) is 23.1 Å². The van der Waals surface area contributed by atoms with Gasteiger partial charge in [-0.05, 0) is 42.8 Å². The van der Waals surface area contributed by atoms with Crippen LogP contribution in [0.3, 0.4) is 0 Å². The van der Waals surface area contributed by atoms with Crippen molar-refractivity contribution in [2.45, 2.75) is 13.0 Å². The van der Waals surface area contributed by atoms with Gasteiger partial charge in [0.2, 0.25) is 0 Å². The summed E-state index contributed by atoms with van der Waals surface area (Å²) in [5.74, 6) is -0.292. The molecule has 2 aromatic carbocycles. The molecule has 1 amide bonds. The molecule has 0 saturated heterocycles. The molecule has 0 aromatic heterocycles. The summed E-state index contributed by atoms with van der Waals surface area (Å²) in [6, 6.07) is 11.0. The van der Waals surface area contributed by atoms with Crippen molar-refractivity contribution in [3.8, 4) is 11.5 Å². The standard InChI is InChI=1S/C20H23NO6/c1-13(21-19(22)15-5-4-6-16(11-15)20(23)24)14-7-8-17(18(12-14)26-3)27-10-9-25-2/h4-8,11-13H,9-10H2,1-3H3,(H,21,22)(H,23,24). The van der Waals surface area contributed by atoms with Gasteiger partial charge in [0.05, 0.1) is 25.3 Å². The van der Waals surface area contributed by atoms with Gasteiger partial charge in [0.25, 0.3) is 5.91 Å². The monoisotopic (exact) mass is 373 g/mol. The molecule has 0 saturated carbocycles. The van der Waals surface area contributed by atoms with Crippen molar-refractivity contribution < 1.29 is 28.9 Å². The number of benzene rings is 2. The second-order valence-corrected chi connectivity index (χ2v) is 5.83. The van der Waals surface area contributed by atoms with E-state index in [4.69, 9.17) is 19.3 Å². The van der Waals surface area contributed by atoms with Crippen LogP contribution in [0.15, 0.2) is 42.5 Å². The third-order valence-corrected chi connectivity index (χ3v) is 3.95. The Morgan fingerprint density at radius 3 is 2.44 bits per heavy atom. The first kappa shape index (κ1) is 20.3. The Bertz CT molecular complexity index is 805. The van der Waals surface area contributed by atoms with Crippen LogP contribution < -0.4 is 14.8 Å². The third kappa shape index (κ3) is 5.46. The van der Waals surface area contributed by atoms with E-state index in [9.17, 15) is 9.59 Å². The molecule has 1 unspecified atom stereocenters. The first-order valence-corrected chi connectivity index (χ1v) is 8.40. The molecule has 0 heterocycles. The average Bonchev–Trinajstić information content (AvgIpc) is 2.68. The highest BCUT2D eigenvalue weighted by Gasteiger charge is 2.15. The van der Waals surface area contributed by atoms with Gasteiger partial charge in [-0.25, -0.2) is 4.79 Å². The number of aromatic carboxylic acids is 1.